The Hall–Kier alpha value is -0.920. The van der Waals surface area contributed by atoms with Gasteiger partial charge < -0.3 is 0 Å². The smallest absolute Gasteiger partial charge is 0.155 e. The predicted octanol–water partition coefficient (Wildman–Crippen LogP) is 4.09. The summed E-state index contributed by atoms with van der Waals surface area (Å²) in [7, 11) is 0. The Morgan fingerprint density at radius 3 is 2.48 bits per heavy atom. The Balaban J connectivity index is 1.70. The maximum Gasteiger partial charge on any atom is 0.155 e. The number of hydrogen-bond acceptors (Lipinski definition) is 2. The maximum atomic E-state index is 12.4. The molecule has 3 saturated carbocycles. The molecule has 114 valence electrons. The monoisotopic (exact) mass is 286 g/mol. The highest BCUT2D eigenvalue weighted by atomic mass is 16.1. The van der Waals surface area contributed by atoms with Crippen LogP contribution in [0.5, 0.6) is 0 Å². The zero-order chi connectivity index (χ0) is 14.8. The molecule has 0 aromatic rings. The molecule has 0 amide bonds. The van der Waals surface area contributed by atoms with E-state index in [0.717, 1.165) is 38.5 Å². The van der Waals surface area contributed by atoms with Crippen LogP contribution in [0, 0.1) is 28.6 Å². The van der Waals surface area contributed by atoms with Crippen LogP contribution < -0.4 is 0 Å². The van der Waals surface area contributed by atoms with Crippen LogP contribution in [0.2, 0.25) is 0 Å². The lowest BCUT2D eigenvalue weighted by Crippen LogP contribution is -2.50. The minimum Gasteiger partial charge on any atom is -0.299 e. The van der Waals surface area contributed by atoms with Crippen molar-refractivity contribution in [2.75, 3.05) is 0 Å². The van der Waals surface area contributed by atoms with Crippen LogP contribution in [-0.2, 0) is 9.59 Å². The summed E-state index contributed by atoms with van der Waals surface area (Å²) in [6.45, 7) is 4.64. The van der Waals surface area contributed by atoms with Crippen molar-refractivity contribution in [3.63, 3.8) is 0 Å². The van der Waals surface area contributed by atoms with Crippen molar-refractivity contribution in [1.82, 2.24) is 0 Å². The van der Waals surface area contributed by atoms with Crippen LogP contribution in [0.15, 0.2) is 11.6 Å². The number of rotatable bonds is 0. The summed E-state index contributed by atoms with van der Waals surface area (Å²) in [6, 6.07) is 0. The van der Waals surface area contributed by atoms with Crippen molar-refractivity contribution < 1.29 is 9.59 Å². The number of carbonyl (C=O) groups is 2. The van der Waals surface area contributed by atoms with Gasteiger partial charge in [0.25, 0.3) is 0 Å². The third-order valence-electron chi connectivity index (χ3n) is 7.67. The molecule has 0 aliphatic heterocycles. The number of carbonyl (C=O) groups excluding carboxylic acids is 2. The van der Waals surface area contributed by atoms with E-state index in [1.54, 1.807) is 0 Å². The van der Waals surface area contributed by atoms with Gasteiger partial charge in [-0.05, 0) is 67.8 Å². The topological polar surface area (TPSA) is 34.1 Å². The molecule has 0 aromatic carbocycles. The number of ketones is 2. The van der Waals surface area contributed by atoms with Gasteiger partial charge in [-0.2, -0.15) is 0 Å². The van der Waals surface area contributed by atoms with E-state index >= 15 is 0 Å². The van der Waals surface area contributed by atoms with Gasteiger partial charge in [0.2, 0.25) is 0 Å². The van der Waals surface area contributed by atoms with Crippen molar-refractivity contribution >= 4 is 11.6 Å². The van der Waals surface area contributed by atoms with Gasteiger partial charge in [-0.25, -0.2) is 0 Å². The molecule has 0 aromatic heterocycles. The quantitative estimate of drug-likeness (QED) is 0.672. The number of hydrogen-bond donors (Lipinski definition) is 0. The molecule has 0 radical (unpaired) electrons. The summed E-state index contributed by atoms with van der Waals surface area (Å²) in [5, 5.41) is 0. The molecule has 5 atom stereocenters. The fourth-order valence-corrected chi connectivity index (χ4v) is 6.33. The van der Waals surface area contributed by atoms with Gasteiger partial charge in [-0.3, -0.25) is 9.59 Å². The second-order valence-electron chi connectivity index (χ2n) is 8.39. The summed E-state index contributed by atoms with van der Waals surface area (Å²) in [4.78, 5) is 24.1. The molecule has 0 spiro atoms. The van der Waals surface area contributed by atoms with Crippen molar-refractivity contribution in [1.29, 1.82) is 0 Å². The van der Waals surface area contributed by atoms with E-state index in [-0.39, 0.29) is 10.8 Å². The highest BCUT2D eigenvalue weighted by Gasteiger charge is 2.58. The average molecular weight is 286 g/mol. The largest absolute Gasteiger partial charge is 0.299 e. The van der Waals surface area contributed by atoms with Gasteiger partial charge in [0.15, 0.2) is 5.78 Å². The third kappa shape index (κ3) is 1.71. The first kappa shape index (κ1) is 13.7. The summed E-state index contributed by atoms with van der Waals surface area (Å²) in [5.41, 5.74) is 1.64. The van der Waals surface area contributed by atoms with E-state index in [4.69, 9.17) is 0 Å². The van der Waals surface area contributed by atoms with Gasteiger partial charge in [0, 0.05) is 18.3 Å². The molecule has 0 N–H and O–H groups in total. The molecule has 0 heterocycles. The molecule has 21 heavy (non-hydrogen) atoms. The molecule has 2 heteroatoms. The van der Waals surface area contributed by atoms with Gasteiger partial charge in [0.1, 0.15) is 5.78 Å². The molecule has 4 aliphatic carbocycles. The molecule has 4 aliphatic rings. The predicted molar refractivity (Wildman–Crippen MR) is 81.7 cm³/mol. The highest BCUT2D eigenvalue weighted by Crippen LogP contribution is 2.64. The lowest BCUT2D eigenvalue weighted by molar-refractivity contribution is -0.132. The van der Waals surface area contributed by atoms with Crippen molar-refractivity contribution in [2.24, 2.45) is 28.6 Å². The molecule has 3 fully saturated rings. The van der Waals surface area contributed by atoms with Crippen LogP contribution in [0.25, 0.3) is 0 Å². The lowest BCUT2D eigenvalue weighted by atomic mass is 9.47. The fraction of sp³-hybridized carbons (Fsp3) is 0.789. The SMILES string of the molecule is C[C@]12CCC(=O)C=C1CC[C@@H]1C2CC[C@]2(C)C(=O)CCC12. The Morgan fingerprint density at radius 2 is 1.67 bits per heavy atom. The van der Waals surface area contributed by atoms with Crippen LogP contribution in [-0.4, -0.2) is 11.6 Å². The zero-order valence-corrected chi connectivity index (χ0v) is 13.3. The van der Waals surface area contributed by atoms with Crippen molar-refractivity contribution in [3.05, 3.63) is 11.6 Å². The summed E-state index contributed by atoms with van der Waals surface area (Å²) >= 11 is 0. The number of Topliss-reactive ketones (excluding diaryl/α,β-unsaturated/α-hetero) is 1. The second kappa shape index (κ2) is 4.30. The van der Waals surface area contributed by atoms with Crippen molar-refractivity contribution in [2.45, 2.75) is 65.2 Å². The van der Waals surface area contributed by atoms with Crippen LogP contribution in [0.3, 0.4) is 0 Å². The zero-order valence-electron chi connectivity index (χ0n) is 13.3. The molecular formula is C19H26O2. The van der Waals surface area contributed by atoms with Gasteiger partial charge >= 0.3 is 0 Å². The van der Waals surface area contributed by atoms with E-state index in [1.165, 1.54) is 18.4 Å². The summed E-state index contributed by atoms with van der Waals surface area (Å²) in [6.07, 6.45) is 10.2. The van der Waals surface area contributed by atoms with E-state index in [9.17, 15) is 9.59 Å². The first-order valence-corrected chi connectivity index (χ1v) is 8.72. The minimum absolute atomic E-state index is 0.0246. The van der Waals surface area contributed by atoms with E-state index in [2.05, 4.69) is 13.8 Å². The molecule has 0 saturated heterocycles. The number of fused-ring (bicyclic) bond motifs is 5. The van der Waals surface area contributed by atoms with Gasteiger partial charge in [0.05, 0.1) is 0 Å². The van der Waals surface area contributed by atoms with Gasteiger partial charge in [-0.1, -0.05) is 19.4 Å². The van der Waals surface area contributed by atoms with Gasteiger partial charge in [-0.15, -0.1) is 0 Å². The fourth-order valence-electron chi connectivity index (χ4n) is 6.33. The lowest BCUT2D eigenvalue weighted by Gasteiger charge is -2.56. The minimum atomic E-state index is -0.0246. The average Bonchev–Trinajstić information content (AvgIpc) is 2.76. The van der Waals surface area contributed by atoms with E-state index in [1.807, 2.05) is 6.08 Å². The van der Waals surface area contributed by atoms with Crippen LogP contribution in [0.1, 0.15) is 65.2 Å². The molecular weight excluding hydrogens is 260 g/mol. The Labute approximate surface area is 127 Å². The standard InChI is InChI=1S/C19H26O2/c1-18-9-7-13(20)11-12(18)3-4-14-15-5-6-17(21)19(15,2)10-8-16(14)18/h11,14-16H,3-10H2,1-2H3/t14-,15?,16?,18-,19-/m0/s1. The Kier molecular flexibility index (Phi) is 2.81. The van der Waals surface area contributed by atoms with E-state index in [0.29, 0.717) is 29.3 Å². The Morgan fingerprint density at radius 1 is 0.905 bits per heavy atom. The summed E-state index contributed by atoms with van der Waals surface area (Å²) < 4.78 is 0. The first-order chi connectivity index (χ1) is 9.95. The van der Waals surface area contributed by atoms with Crippen LogP contribution in [0.4, 0.5) is 0 Å². The third-order valence-corrected chi connectivity index (χ3v) is 7.67. The first-order valence-electron chi connectivity index (χ1n) is 8.72. The Bertz CT molecular complexity index is 546. The molecule has 2 nitrogen and oxygen atoms in total. The maximum absolute atomic E-state index is 12.4. The highest BCUT2D eigenvalue weighted by molar-refractivity contribution is 5.91. The molecule has 0 bridgehead atoms. The second-order valence-corrected chi connectivity index (χ2v) is 8.39. The molecule has 4 rings (SSSR count). The van der Waals surface area contributed by atoms with Crippen LogP contribution >= 0.6 is 0 Å². The number of allylic oxidation sites excluding steroid dienone is 1. The van der Waals surface area contributed by atoms with Crippen molar-refractivity contribution in [3.8, 4) is 0 Å². The normalized spacial score (nSPS) is 49.2. The molecule has 2 unspecified atom stereocenters. The van der Waals surface area contributed by atoms with E-state index < -0.39 is 0 Å². The summed E-state index contributed by atoms with van der Waals surface area (Å²) in [5.74, 6) is 2.88.